The minimum absolute atomic E-state index is 0.00933. The van der Waals surface area contributed by atoms with Crippen molar-refractivity contribution in [2.24, 2.45) is 21.5 Å². The molecule has 2 aromatic heterocycles. The van der Waals surface area contributed by atoms with Gasteiger partial charge in [0, 0.05) is 0 Å². The molecule has 2 heterocycles. The predicted octanol–water partition coefficient (Wildman–Crippen LogP) is -1.88. The van der Waals surface area contributed by atoms with Gasteiger partial charge in [-0.2, -0.15) is 9.55 Å². The molecule has 0 amide bonds. The zero-order valence-corrected chi connectivity index (χ0v) is 12.8. The van der Waals surface area contributed by atoms with Crippen LogP contribution in [-0.4, -0.2) is 43.1 Å². The Labute approximate surface area is 134 Å². The zero-order chi connectivity index (χ0) is 17.0. The first kappa shape index (κ1) is 14.5. The van der Waals surface area contributed by atoms with Crippen LogP contribution in [0, 0.1) is 0 Å². The first-order valence-electron chi connectivity index (χ1n) is 7.66. The predicted molar refractivity (Wildman–Crippen MR) is 89.1 cm³/mol. The lowest BCUT2D eigenvalue weighted by Gasteiger charge is -2.10. The summed E-state index contributed by atoms with van der Waals surface area (Å²) in [5.74, 6) is -0.229. The van der Waals surface area contributed by atoms with Crippen molar-refractivity contribution in [1.29, 1.82) is 0 Å². The number of rotatable bonds is 2. The van der Waals surface area contributed by atoms with E-state index >= 15 is 0 Å². The third kappa shape index (κ3) is 2.33. The maximum Gasteiger partial charge on any atom is 0.346 e. The van der Waals surface area contributed by atoms with E-state index < -0.39 is 11.2 Å². The molecule has 4 rings (SSSR count). The van der Waals surface area contributed by atoms with Crippen LogP contribution in [0.1, 0.15) is 25.7 Å². The third-order valence-electron chi connectivity index (χ3n) is 3.90. The number of aromatic amines is 1. The number of fused-ring (bicyclic) bond motifs is 1. The van der Waals surface area contributed by atoms with Gasteiger partial charge in [0.25, 0.3) is 5.56 Å². The molecule has 0 atom stereocenters. The van der Waals surface area contributed by atoms with E-state index in [9.17, 15) is 9.59 Å². The summed E-state index contributed by atoms with van der Waals surface area (Å²) in [5.41, 5.74) is 16.1. The van der Waals surface area contributed by atoms with Crippen LogP contribution in [0.4, 0.5) is 5.95 Å². The minimum Gasteiger partial charge on any atom is -0.369 e. The second kappa shape index (κ2) is 4.94. The fraction of sp³-hybridized carbons (Fsp3) is 0.462. The topological polar surface area (TPSA) is 175 Å². The van der Waals surface area contributed by atoms with Crippen molar-refractivity contribution in [1.82, 2.24) is 19.1 Å². The number of nitrogens with two attached hydrogens (primary N) is 3. The van der Waals surface area contributed by atoms with Crippen LogP contribution in [0.3, 0.4) is 0 Å². The number of nitrogens with zero attached hydrogens (tertiary/aromatic N) is 5. The molecule has 126 valence electrons. The van der Waals surface area contributed by atoms with Crippen molar-refractivity contribution in [3.05, 3.63) is 20.8 Å². The molecule has 2 aliphatic carbocycles. The van der Waals surface area contributed by atoms with E-state index in [1.807, 2.05) is 0 Å². The Balaban J connectivity index is 2.02. The summed E-state index contributed by atoms with van der Waals surface area (Å²) in [6, 6.07) is 0.130. The summed E-state index contributed by atoms with van der Waals surface area (Å²) >= 11 is 0. The van der Waals surface area contributed by atoms with Crippen molar-refractivity contribution in [2.75, 3.05) is 5.73 Å². The molecular formula is C13H17N9O2. The number of H-pyrrole nitrogens is 1. The van der Waals surface area contributed by atoms with Crippen molar-refractivity contribution in [3.8, 4) is 0 Å². The number of anilines is 1. The van der Waals surface area contributed by atoms with Crippen molar-refractivity contribution < 1.29 is 0 Å². The summed E-state index contributed by atoms with van der Waals surface area (Å²) < 4.78 is 1.81. The van der Waals surface area contributed by atoms with E-state index in [0.29, 0.717) is 0 Å². The lowest BCUT2D eigenvalue weighted by Crippen LogP contribution is -2.50. The average molecular weight is 331 g/mol. The normalized spacial score (nSPS) is 19.2. The van der Waals surface area contributed by atoms with Gasteiger partial charge in [-0.1, -0.05) is 0 Å². The summed E-state index contributed by atoms with van der Waals surface area (Å²) in [6.45, 7) is 0. The van der Waals surface area contributed by atoms with Crippen LogP contribution < -0.4 is 28.5 Å². The molecule has 11 heteroatoms. The highest BCUT2D eigenvalue weighted by molar-refractivity contribution is 5.91. The first-order chi connectivity index (χ1) is 11.5. The van der Waals surface area contributed by atoms with Gasteiger partial charge in [-0.15, -0.1) is 0 Å². The Morgan fingerprint density at radius 2 is 1.58 bits per heavy atom. The molecular weight excluding hydrogens is 314 g/mol. The molecule has 0 unspecified atom stereocenters. The van der Waals surface area contributed by atoms with E-state index in [1.165, 1.54) is 0 Å². The largest absolute Gasteiger partial charge is 0.369 e. The van der Waals surface area contributed by atoms with Gasteiger partial charge in [-0.3, -0.25) is 4.79 Å². The van der Waals surface area contributed by atoms with Gasteiger partial charge in [-0.25, -0.2) is 19.3 Å². The molecule has 2 saturated carbocycles. The standard InChI is InChI=1S/C13H17N9O2/c14-10-19-7-8(20-10)21(11(15)17-5-1-2-5)13(24)22(9(7)23)12(16)18-6-3-4-6/h5-6H,1-4H2,(H2,15,17)(H2,16,18)(H3,14,19,20). The first-order valence-corrected chi connectivity index (χ1v) is 7.66. The highest BCUT2D eigenvalue weighted by Crippen LogP contribution is 2.24. The molecule has 24 heavy (non-hydrogen) atoms. The van der Waals surface area contributed by atoms with Crippen LogP contribution >= 0.6 is 0 Å². The fourth-order valence-corrected chi connectivity index (χ4v) is 2.39. The Hall–Kier alpha value is -3.11. The quantitative estimate of drug-likeness (QED) is 0.370. The van der Waals surface area contributed by atoms with Gasteiger partial charge in [0.2, 0.25) is 11.9 Å². The molecule has 0 aliphatic heterocycles. The van der Waals surface area contributed by atoms with Gasteiger partial charge in [0.15, 0.2) is 17.1 Å². The Bertz CT molecular complexity index is 1000. The molecule has 2 aliphatic rings. The third-order valence-corrected chi connectivity index (χ3v) is 3.90. The second-order valence-corrected chi connectivity index (χ2v) is 6.02. The molecule has 2 aromatic rings. The number of nitrogens with one attached hydrogen (secondary N) is 1. The summed E-state index contributed by atoms with van der Waals surface area (Å²) in [6.07, 6.45) is 3.58. The van der Waals surface area contributed by atoms with Crippen LogP contribution in [0.5, 0.6) is 0 Å². The number of aromatic nitrogens is 4. The second-order valence-electron chi connectivity index (χ2n) is 6.02. The van der Waals surface area contributed by atoms with Gasteiger partial charge in [0.05, 0.1) is 12.1 Å². The van der Waals surface area contributed by atoms with E-state index in [0.717, 1.165) is 34.8 Å². The summed E-state index contributed by atoms with van der Waals surface area (Å²) in [4.78, 5) is 40.4. The van der Waals surface area contributed by atoms with Crippen molar-refractivity contribution >= 4 is 29.0 Å². The minimum atomic E-state index is -0.761. The summed E-state index contributed by atoms with van der Waals surface area (Å²) in [5, 5.41) is 0. The van der Waals surface area contributed by atoms with Crippen LogP contribution in [0.25, 0.3) is 11.2 Å². The molecule has 0 bridgehead atoms. The van der Waals surface area contributed by atoms with E-state index in [4.69, 9.17) is 17.2 Å². The fourth-order valence-electron chi connectivity index (χ4n) is 2.39. The number of imidazole rings is 1. The van der Waals surface area contributed by atoms with Gasteiger partial charge >= 0.3 is 5.69 Å². The van der Waals surface area contributed by atoms with Crippen molar-refractivity contribution in [3.63, 3.8) is 0 Å². The van der Waals surface area contributed by atoms with E-state index in [-0.39, 0.29) is 41.1 Å². The lowest BCUT2D eigenvalue weighted by molar-refractivity contribution is 0.852. The number of hydrogen-bond donors (Lipinski definition) is 4. The highest BCUT2D eigenvalue weighted by Gasteiger charge is 2.26. The smallest absolute Gasteiger partial charge is 0.346 e. The Kier molecular flexibility index (Phi) is 2.98. The molecule has 0 saturated heterocycles. The number of aliphatic imine (C=N–C) groups is 2. The Morgan fingerprint density at radius 1 is 1.04 bits per heavy atom. The molecule has 7 N–H and O–H groups in total. The maximum atomic E-state index is 12.8. The van der Waals surface area contributed by atoms with E-state index in [1.54, 1.807) is 0 Å². The van der Waals surface area contributed by atoms with E-state index in [2.05, 4.69) is 20.0 Å². The highest BCUT2D eigenvalue weighted by atomic mass is 16.2. The summed E-state index contributed by atoms with van der Waals surface area (Å²) in [7, 11) is 0. The molecule has 2 fully saturated rings. The van der Waals surface area contributed by atoms with Crippen LogP contribution in [0.15, 0.2) is 19.6 Å². The number of hydrogen-bond acceptors (Lipinski definition) is 6. The van der Waals surface area contributed by atoms with Gasteiger partial charge in [0.1, 0.15) is 0 Å². The van der Waals surface area contributed by atoms with Gasteiger partial charge in [-0.05, 0) is 25.7 Å². The maximum absolute atomic E-state index is 12.8. The Morgan fingerprint density at radius 3 is 2.12 bits per heavy atom. The van der Waals surface area contributed by atoms with Crippen LogP contribution in [-0.2, 0) is 0 Å². The zero-order valence-electron chi connectivity index (χ0n) is 12.8. The van der Waals surface area contributed by atoms with Crippen molar-refractivity contribution in [2.45, 2.75) is 37.8 Å². The molecule has 0 spiro atoms. The average Bonchev–Trinajstić information content (AvgIpc) is 3.41. The number of nitrogen functional groups attached to an aromatic ring is 1. The SMILES string of the molecule is NC(=NC1CC1)n1c(=O)c2[nH]c(N)nc2n(C(N)=NC2CC2)c1=O. The monoisotopic (exact) mass is 331 g/mol. The molecule has 0 aromatic carbocycles. The lowest BCUT2D eigenvalue weighted by atomic mass is 10.5. The van der Waals surface area contributed by atoms with Gasteiger partial charge < -0.3 is 22.2 Å². The van der Waals surface area contributed by atoms with Crippen LogP contribution in [0.2, 0.25) is 0 Å². The molecule has 0 radical (unpaired) electrons. The molecule has 11 nitrogen and oxygen atoms in total.